The molecule has 0 saturated carbocycles. The van der Waals surface area contributed by atoms with Gasteiger partial charge in [0.05, 0.1) is 6.54 Å². The predicted octanol–water partition coefficient (Wildman–Crippen LogP) is 3.47. The van der Waals surface area contributed by atoms with Crippen molar-refractivity contribution >= 4 is 5.96 Å². The highest BCUT2D eigenvalue weighted by Crippen LogP contribution is 2.22. The number of nitrogens with one attached hydrogen (secondary N) is 2. The monoisotopic (exact) mass is 390 g/mol. The zero-order chi connectivity index (χ0) is 20.7. The minimum absolute atomic E-state index is 0.184. The molecule has 0 spiro atoms. The maximum atomic E-state index is 4.30. The first-order valence-corrected chi connectivity index (χ1v) is 9.95. The number of hydrogen-bond donors (Lipinski definition) is 2. The molecule has 0 saturated heterocycles. The second-order valence-corrected chi connectivity index (χ2v) is 8.00. The Morgan fingerprint density at radius 3 is 2.38 bits per heavy atom. The minimum Gasteiger partial charge on any atom is -0.356 e. The molecule has 2 aromatic carbocycles. The van der Waals surface area contributed by atoms with Crippen LogP contribution in [0.3, 0.4) is 0 Å². The van der Waals surface area contributed by atoms with E-state index in [1.165, 1.54) is 11.1 Å². The molecule has 6 nitrogen and oxygen atoms in total. The number of aromatic nitrogens is 3. The first-order valence-electron chi connectivity index (χ1n) is 9.95. The van der Waals surface area contributed by atoms with Crippen molar-refractivity contribution in [1.29, 1.82) is 0 Å². The fourth-order valence-corrected chi connectivity index (χ4v) is 3.06. The predicted molar refractivity (Wildman–Crippen MR) is 118 cm³/mol. The molecule has 0 atom stereocenters. The van der Waals surface area contributed by atoms with Crippen molar-refractivity contribution in [2.45, 2.75) is 39.2 Å². The third-order valence-corrected chi connectivity index (χ3v) is 4.82. The van der Waals surface area contributed by atoms with Crippen molar-refractivity contribution < 1.29 is 0 Å². The van der Waals surface area contributed by atoms with Crippen molar-refractivity contribution in [1.82, 2.24) is 25.4 Å². The molecule has 0 aliphatic heterocycles. The maximum absolute atomic E-state index is 4.30. The molecule has 152 valence electrons. The summed E-state index contributed by atoms with van der Waals surface area (Å²) in [4.78, 5) is 4.30. The lowest BCUT2D eigenvalue weighted by Crippen LogP contribution is -2.38. The lowest BCUT2D eigenvalue weighted by molar-refractivity contribution is 0.590. The van der Waals surface area contributed by atoms with Crippen LogP contribution in [-0.2, 0) is 18.4 Å². The molecule has 2 N–H and O–H groups in total. The average molecular weight is 391 g/mol. The number of para-hydroxylation sites is 1. The molecule has 0 aliphatic carbocycles. The van der Waals surface area contributed by atoms with E-state index in [1.807, 2.05) is 34.9 Å². The van der Waals surface area contributed by atoms with Crippen LogP contribution in [0.4, 0.5) is 0 Å². The van der Waals surface area contributed by atoms with E-state index >= 15 is 0 Å². The minimum atomic E-state index is 0.184. The van der Waals surface area contributed by atoms with Crippen LogP contribution in [-0.4, -0.2) is 34.3 Å². The van der Waals surface area contributed by atoms with E-state index in [1.54, 1.807) is 13.4 Å². The van der Waals surface area contributed by atoms with E-state index < -0.39 is 0 Å². The number of hydrogen-bond acceptors (Lipinski definition) is 3. The summed E-state index contributed by atoms with van der Waals surface area (Å²) in [7, 11) is 1.77. The number of guanidine groups is 1. The summed E-state index contributed by atoms with van der Waals surface area (Å²) in [5.74, 6) is 1.58. The Morgan fingerprint density at radius 1 is 1.00 bits per heavy atom. The third-order valence-electron chi connectivity index (χ3n) is 4.82. The van der Waals surface area contributed by atoms with Gasteiger partial charge in [0.15, 0.2) is 11.8 Å². The number of benzene rings is 2. The van der Waals surface area contributed by atoms with Crippen molar-refractivity contribution in [3.8, 4) is 5.69 Å². The normalized spacial score (nSPS) is 12.1. The van der Waals surface area contributed by atoms with Gasteiger partial charge in [-0.25, -0.2) is 0 Å². The molecular weight excluding hydrogens is 360 g/mol. The average Bonchev–Trinajstić information content (AvgIpc) is 3.19. The van der Waals surface area contributed by atoms with Gasteiger partial charge in [-0.15, -0.1) is 10.2 Å². The largest absolute Gasteiger partial charge is 0.356 e. The van der Waals surface area contributed by atoms with Gasteiger partial charge in [0, 0.05) is 19.3 Å². The Morgan fingerprint density at radius 2 is 1.72 bits per heavy atom. The Kier molecular flexibility index (Phi) is 6.65. The Bertz CT molecular complexity index is 920. The van der Waals surface area contributed by atoms with Gasteiger partial charge in [0.25, 0.3) is 0 Å². The van der Waals surface area contributed by atoms with Crippen molar-refractivity contribution in [3.05, 3.63) is 77.9 Å². The summed E-state index contributed by atoms with van der Waals surface area (Å²) >= 11 is 0. The number of rotatable bonds is 6. The van der Waals surface area contributed by atoms with Crippen LogP contribution in [0, 0.1) is 0 Å². The molecular formula is C23H30N6. The smallest absolute Gasteiger partial charge is 0.191 e. The highest BCUT2D eigenvalue weighted by Gasteiger charge is 2.12. The van der Waals surface area contributed by atoms with E-state index in [0.29, 0.717) is 6.54 Å². The second-order valence-electron chi connectivity index (χ2n) is 8.00. The van der Waals surface area contributed by atoms with Crippen LogP contribution >= 0.6 is 0 Å². The van der Waals surface area contributed by atoms with Gasteiger partial charge >= 0.3 is 0 Å². The Balaban J connectivity index is 1.50. The van der Waals surface area contributed by atoms with Gasteiger partial charge in [0.1, 0.15) is 6.33 Å². The quantitative estimate of drug-likeness (QED) is 0.500. The molecule has 3 aromatic rings. The lowest BCUT2D eigenvalue weighted by Gasteiger charge is -2.19. The number of nitrogens with zero attached hydrogens (tertiary/aromatic N) is 4. The molecule has 3 rings (SSSR count). The van der Waals surface area contributed by atoms with Gasteiger partial charge in [0.2, 0.25) is 0 Å². The zero-order valence-corrected chi connectivity index (χ0v) is 17.7. The second kappa shape index (κ2) is 9.37. The first kappa shape index (κ1) is 20.6. The summed E-state index contributed by atoms with van der Waals surface area (Å²) in [6.45, 7) is 8.04. The molecule has 0 fully saturated rings. The SMILES string of the molecule is CN=C(NCCc1ccc(C(C)(C)C)cc1)NCc1nncn1-c1ccccc1. The first-order chi connectivity index (χ1) is 14.0. The molecule has 6 heteroatoms. The highest BCUT2D eigenvalue weighted by atomic mass is 15.3. The van der Waals surface area contributed by atoms with Crippen LogP contribution in [0.1, 0.15) is 37.7 Å². The summed E-state index contributed by atoms with van der Waals surface area (Å²) in [5.41, 5.74) is 3.89. The van der Waals surface area contributed by atoms with Crippen molar-refractivity contribution in [2.24, 2.45) is 4.99 Å². The van der Waals surface area contributed by atoms with Crippen molar-refractivity contribution in [2.75, 3.05) is 13.6 Å². The molecule has 0 amide bonds. The van der Waals surface area contributed by atoms with Crippen LogP contribution in [0.15, 0.2) is 65.9 Å². The van der Waals surface area contributed by atoms with E-state index in [9.17, 15) is 0 Å². The van der Waals surface area contributed by atoms with Gasteiger partial charge in [-0.3, -0.25) is 9.56 Å². The van der Waals surface area contributed by atoms with E-state index in [0.717, 1.165) is 30.4 Å². The fourth-order valence-electron chi connectivity index (χ4n) is 3.06. The van der Waals surface area contributed by atoms with Crippen LogP contribution < -0.4 is 10.6 Å². The van der Waals surface area contributed by atoms with E-state index in [-0.39, 0.29) is 5.41 Å². The van der Waals surface area contributed by atoms with Gasteiger partial charge in [-0.2, -0.15) is 0 Å². The molecule has 1 aromatic heterocycles. The molecule has 0 aliphatic rings. The van der Waals surface area contributed by atoms with E-state index in [2.05, 4.69) is 70.9 Å². The van der Waals surface area contributed by atoms with Crippen molar-refractivity contribution in [3.63, 3.8) is 0 Å². The standard InChI is InChI=1S/C23H30N6/c1-23(2,3)19-12-10-18(11-13-19)14-15-25-22(24-4)26-16-21-28-27-17-29(21)20-8-6-5-7-9-20/h5-13,17H,14-16H2,1-4H3,(H2,24,25,26). The Labute approximate surface area is 173 Å². The Hall–Kier alpha value is -3.15. The fraction of sp³-hybridized carbons (Fsp3) is 0.348. The van der Waals surface area contributed by atoms with Crippen LogP contribution in [0.2, 0.25) is 0 Å². The molecule has 0 radical (unpaired) electrons. The molecule has 0 bridgehead atoms. The topological polar surface area (TPSA) is 67.1 Å². The summed E-state index contributed by atoms with van der Waals surface area (Å²) in [5, 5.41) is 14.9. The molecule has 1 heterocycles. The highest BCUT2D eigenvalue weighted by molar-refractivity contribution is 5.79. The van der Waals surface area contributed by atoms with E-state index in [4.69, 9.17) is 0 Å². The van der Waals surface area contributed by atoms with Gasteiger partial charge in [-0.1, -0.05) is 63.2 Å². The molecule has 0 unspecified atom stereocenters. The third kappa shape index (κ3) is 5.67. The lowest BCUT2D eigenvalue weighted by atomic mass is 9.86. The maximum Gasteiger partial charge on any atom is 0.191 e. The summed E-state index contributed by atoms with van der Waals surface area (Å²) in [6, 6.07) is 18.9. The number of aliphatic imine (C=N–C) groups is 1. The summed E-state index contributed by atoms with van der Waals surface area (Å²) in [6.07, 6.45) is 2.66. The van der Waals surface area contributed by atoms with Crippen LogP contribution in [0.5, 0.6) is 0 Å². The summed E-state index contributed by atoms with van der Waals surface area (Å²) < 4.78 is 1.97. The zero-order valence-electron chi connectivity index (χ0n) is 17.7. The molecule has 29 heavy (non-hydrogen) atoms. The van der Waals surface area contributed by atoms with Gasteiger partial charge in [-0.05, 0) is 35.1 Å². The van der Waals surface area contributed by atoms with Crippen LogP contribution in [0.25, 0.3) is 5.69 Å². The van der Waals surface area contributed by atoms with Gasteiger partial charge < -0.3 is 10.6 Å².